The SMILES string of the molecule is CC.CC1C=C(c2ccccc2)C=C(c2ccncc2)N1. The molecule has 2 aromatic rings. The molecule has 0 aliphatic carbocycles. The highest BCUT2D eigenvalue weighted by atomic mass is 14.9. The zero-order valence-corrected chi connectivity index (χ0v) is 12.9. The Morgan fingerprint density at radius 2 is 1.57 bits per heavy atom. The smallest absolute Gasteiger partial charge is 0.0425 e. The fourth-order valence-corrected chi connectivity index (χ4v) is 2.31. The highest BCUT2D eigenvalue weighted by Crippen LogP contribution is 2.25. The van der Waals surface area contributed by atoms with E-state index in [1.165, 1.54) is 16.7 Å². The van der Waals surface area contributed by atoms with Gasteiger partial charge in [0.15, 0.2) is 0 Å². The second kappa shape index (κ2) is 7.44. The Balaban J connectivity index is 0.000000774. The third kappa shape index (κ3) is 3.82. The van der Waals surface area contributed by atoms with Crippen molar-refractivity contribution in [2.75, 3.05) is 0 Å². The van der Waals surface area contributed by atoms with Gasteiger partial charge in [-0.15, -0.1) is 0 Å². The molecule has 0 saturated heterocycles. The molecule has 21 heavy (non-hydrogen) atoms. The lowest BCUT2D eigenvalue weighted by atomic mass is 9.97. The number of nitrogens with one attached hydrogen (secondary N) is 1. The molecule has 108 valence electrons. The molecule has 3 rings (SSSR count). The summed E-state index contributed by atoms with van der Waals surface area (Å²) in [7, 11) is 0. The number of pyridine rings is 1. The number of allylic oxidation sites excluding steroid dienone is 2. The Labute approximate surface area is 127 Å². The van der Waals surface area contributed by atoms with E-state index in [1.54, 1.807) is 0 Å². The third-order valence-electron chi connectivity index (χ3n) is 3.21. The minimum Gasteiger partial charge on any atom is -0.379 e. The van der Waals surface area contributed by atoms with E-state index in [0.717, 1.165) is 5.70 Å². The summed E-state index contributed by atoms with van der Waals surface area (Å²) < 4.78 is 0. The summed E-state index contributed by atoms with van der Waals surface area (Å²) in [6, 6.07) is 14.9. The van der Waals surface area contributed by atoms with Crippen LogP contribution >= 0.6 is 0 Å². The van der Waals surface area contributed by atoms with Crippen molar-refractivity contribution >= 4 is 11.3 Å². The molecule has 0 spiro atoms. The molecule has 2 heterocycles. The maximum atomic E-state index is 4.07. The van der Waals surface area contributed by atoms with E-state index >= 15 is 0 Å². The van der Waals surface area contributed by atoms with Gasteiger partial charge in [-0.25, -0.2) is 0 Å². The summed E-state index contributed by atoms with van der Waals surface area (Å²) in [5.74, 6) is 0. The molecule has 1 aromatic carbocycles. The second-order valence-corrected chi connectivity index (χ2v) is 4.71. The molecule has 0 radical (unpaired) electrons. The van der Waals surface area contributed by atoms with Crippen LogP contribution in [0.1, 0.15) is 31.9 Å². The van der Waals surface area contributed by atoms with Crippen LogP contribution in [0.5, 0.6) is 0 Å². The van der Waals surface area contributed by atoms with E-state index in [0.29, 0.717) is 6.04 Å². The molecule has 1 aliphatic heterocycles. The molecule has 1 aromatic heterocycles. The van der Waals surface area contributed by atoms with Gasteiger partial charge >= 0.3 is 0 Å². The van der Waals surface area contributed by atoms with Gasteiger partial charge in [-0.2, -0.15) is 0 Å². The number of dihydropyridines is 1. The van der Waals surface area contributed by atoms with Gasteiger partial charge in [-0.3, -0.25) is 4.98 Å². The molecule has 2 nitrogen and oxygen atoms in total. The monoisotopic (exact) mass is 278 g/mol. The van der Waals surface area contributed by atoms with Crippen molar-refractivity contribution < 1.29 is 0 Å². The summed E-state index contributed by atoms with van der Waals surface area (Å²) >= 11 is 0. The molecule has 1 atom stereocenters. The van der Waals surface area contributed by atoms with Crippen molar-refractivity contribution in [3.05, 3.63) is 78.1 Å². The Hall–Kier alpha value is -2.35. The van der Waals surface area contributed by atoms with Crippen LogP contribution in [0.2, 0.25) is 0 Å². The highest BCUT2D eigenvalue weighted by Gasteiger charge is 2.12. The molecule has 0 fully saturated rings. The number of hydrogen-bond acceptors (Lipinski definition) is 2. The first-order chi connectivity index (χ1) is 10.3. The average molecular weight is 278 g/mol. The predicted molar refractivity (Wildman–Crippen MR) is 90.6 cm³/mol. The summed E-state index contributed by atoms with van der Waals surface area (Å²) in [6.45, 7) is 6.16. The molecule has 0 saturated carbocycles. The van der Waals surface area contributed by atoms with Crippen molar-refractivity contribution in [1.82, 2.24) is 10.3 Å². The van der Waals surface area contributed by atoms with E-state index in [4.69, 9.17) is 0 Å². The Kier molecular flexibility index (Phi) is 5.33. The van der Waals surface area contributed by atoms with Gasteiger partial charge in [0.1, 0.15) is 0 Å². The van der Waals surface area contributed by atoms with Crippen LogP contribution in [0.15, 0.2) is 67.0 Å². The lowest BCUT2D eigenvalue weighted by Gasteiger charge is -2.22. The molecule has 0 bridgehead atoms. The van der Waals surface area contributed by atoms with Crippen LogP contribution < -0.4 is 5.32 Å². The minimum absolute atomic E-state index is 0.323. The molecular formula is C19H22N2. The fourth-order valence-electron chi connectivity index (χ4n) is 2.31. The van der Waals surface area contributed by atoms with Gasteiger partial charge in [0, 0.05) is 29.7 Å². The number of nitrogens with zero attached hydrogens (tertiary/aromatic N) is 1. The van der Waals surface area contributed by atoms with Crippen LogP contribution in [0.3, 0.4) is 0 Å². The normalized spacial score (nSPS) is 16.8. The molecular weight excluding hydrogens is 256 g/mol. The molecule has 1 unspecified atom stereocenters. The van der Waals surface area contributed by atoms with E-state index in [-0.39, 0.29) is 0 Å². The largest absolute Gasteiger partial charge is 0.379 e. The van der Waals surface area contributed by atoms with Crippen LogP contribution in [-0.2, 0) is 0 Å². The lowest BCUT2D eigenvalue weighted by Crippen LogP contribution is -2.25. The van der Waals surface area contributed by atoms with Crippen LogP contribution in [0.25, 0.3) is 11.3 Å². The maximum Gasteiger partial charge on any atom is 0.0425 e. The zero-order chi connectivity index (χ0) is 15.1. The summed E-state index contributed by atoms with van der Waals surface area (Å²) in [6.07, 6.45) is 8.09. The number of benzene rings is 1. The van der Waals surface area contributed by atoms with Gasteiger partial charge in [0.25, 0.3) is 0 Å². The van der Waals surface area contributed by atoms with Gasteiger partial charge < -0.3 is 5.32 Å². The van der Waals surface area contributed by atoms with Crippen molar-refractivity contribution in [2.24, 2.45) is 0 Å². The third-order valence-corrected chi connectivity index (χ3v) is 3.21. The van der Waals surface area contributed by atoms with Crippen LogP contribution in [0.4, 0.5) is 0 Å². The zero-order valence-electron chi connectivity index (χ0n) is 12.9. The Bertz CT molecular complexity index is 613. The molecule has 2 heteroatoms. The number of aromatic nitrogens is 1. The minimum atomic E-state index is 0.323. The van der Waals surface area contributed by atoms with E-state index in [2.05, 4.69) is 53.6 Å². The number of hydrogen-bond donors (Lipinski definition) is 1. The molecule has 1 N–H and O–H groups in total. The second-order valence-electron chi connectivity index (χ2n) is 4.71. The summed E-state index contributed by atoms with van der Waals surface area (Å²) in [4.78, 5) is 4.07. The topological polar surface area (TPSA) is 24.9 Å². The Morgan fingerprint density at radius 1 is 0.905 bits per heavy atom. The number of rotatable bonds is 2. The fraction of sp³-hybridized carbons (Fsp3) is 0.211. The predicted octanol–water partition coefficient (Wildman–Crippen LogP) is 4.52. The summed E-state index contributed by atoms with van der Waals surface area (Å²) in [5, 5.41) is 3.49. The molecule has 0 amide bonds. The van der Waals surface area contributed by atoms with Gasteiger partial charge in [-0.1, -0.05) is 50.3 Å². The Morgan fingerprint density at radius 3 is 2.24 bits per heavy atom. The van der Waals surface area contributed by atoms with Crippen molar-refractivity contribution in [3.63, 3.8) is 0 Å². The van der Waals surface area contributed by atoms with E-state index in [9.17, 15) is 0 Å². The standard InChI is InChI=1S/C17H16N2.C2H6/c1-13-11-16(14-5-3-2-4-6-14)12-17(19-13)15-7-9-18-10-8-15;1-2/h2-13,19H,1H3;1-2H3. The van der Waals surface area contributed by atoms with Gasteiger partial charge in [-0.05, 0) is 36.3 Å². The lowest BCUT2D eigenvalue weighted by molar-refractivity contribution is 0.781. The quantitative estimate of drug-likeness (QED) is 0.873. The first-order valence-corrected chi connectivity index (χ1v) is 7.49. The van der Waals surface area contributed by atoms with E-state index in [1.807, 2.05) is 44.4 Å². The first kappa shape index (κ1) is 15.0. The van der Waals surface area contributed by atoms with E-state index < -0.39 is 0 Å². The summed E-state index contributed by atoms with van der Waals surface area (Å²) in [5.41, 5.74) is 4.83. The highest BCUT2D eigenvalue weighted by molar-refractivity contribution is 5.85. The van der Waals surface area contributed by atoms with Crippen LogP contribution in [-0.4, -0.2) is 11.0 Å². The van der Waals surface area contributed by atoms with Gasteiger partial charge in [0.05, 0.1) is 0 Å². The molecule has 1 aliphatic rings. The average Bonchev–Trinajstić information content (AvgIpc) is 2.58. The van der Waals surface area contributed by atoms with Crippen LogP contribution in [0, 0.1) is 0 Å². The maximum absolute atomic E-state index is 4.07. The van der Waals surface area contributed by atoms with Crippen molar-refractivity contribution in [1.29, 1.82) is 0 Å². The van der Waals surface area contributed by atoms with Gasteiger partial charge in [0.2, 0.25) is 0 Å². The van der Waals surface area contributed by atoms with Crippen molar-refractivity contribution in [2.45, 2.75) is 26.8 Å². The first-order valence-electron chi connectivity index (χ1n) is 7.49. The van der Waals surface area contributed by atoms with Crippen molar-refractivity contribution in [3.8, 4) is 0 Å².